The molecule has 0 amide bonds. The van der Waals surface area contributed by atoms with Gasteiger partial charge in [-0.05, 0) is 6.42 Å². The van der Waals surface area contributed by atoms with Crippen LogP contribution in [-0.4, -0.2) is 50.7 Å². The van der Waals surface area contributed by atoms with Crippen LogP contribution in [0.4, 0.5) is 0 Å². The molecular formula is C12H24O5. The van der Waals surface area contributed by atoms with Gasteiger partial charge in [0.15, 0.2) is 0 Å². The molecule has 0 saturated carbocycles. The summed E-state index contributed by atoms with van der Waals surface area (Å²) < 4.78 is 15.4. The molecule has 17 heavy (non-hydrogen) atoms. The van der Waals surface area contributed by atoms with Gasteiger partial charge in [-0.1, -0.05) is 26.2 Å². The van der Waals surface area contributed by atoms with Crippen LogP contribution in [0.25, 0.3) is 0 Å². The Morgan fingerprint density at radius 3 is 2.06 bits per heavy atom. The fourth-order valence-electron chi connectivity index (χ4n) is 1.23. The van der Waals surface area contributed by atoms with Crippen LogP contribution in [0.2, 0.25) is 0 Å². The van der Waals surface area contributed by atoms with Crippen molar-refractivity contribution in [1.82, 2.24) is 0 Å². The summed E-state index contributed by atoms with van der Waals surface area (Å²) in [5, 5.41) is 8.29. The molecule has 0 aliphatic rings. The maximum atomic E-state index is 10.1. The van der Waals surface area contributed by atoms with Crippen molar-refractivity contribution in [2.24, 2.45) is 0 Å². The Hall–Kier alpha value is -0.650. The van der Waals surface area contributed by atoms with Crippen molar-refractivity contribution in [2.45, 2.75) is 32.6 Å². The maximum Gasteiger partial charge on any atom is 0.329 e. The molecule has 0 spiro atoms. The van der Waals surface area contributed by atoms with Gasteiger partial charge in [-0.2, -0.15) is 0 Å². The molecule has 0 unspecified atom stereocenters. The fourth-order valence-corrected chi connectivity index (χ4v) is 1.23. The van der Waals surface area contributed by atoms with E-state index in [9.17, 15) is 4.79 Å². The van der Waals surface area contributed by atoms with Gasteiger partial charge in [0, 0.05) is 6.61 Å². The van der Waals surface area contributed by atoms with E-state index in [0.29, 0.717) is 26.4 Å². The molecule has 0 heterocycles. The summed E-state index contributed by atoms with van der Waals surface area (Å²) in [6.07, 6.45) is 4.83. The summed E-state index contributed by atoms with van der Waals surface area (Å²) in [4.78, 5) is 10.1. The molecule has 1 N–H and O–H groups in total. The lowest BCUT2D eigenvalue weighted by Crippen LogP contribution is -2.13. The Labute approximate surface area is 103 Å². The van der Waals surface area contributed by atoms with E-state index >= 15 is 0 Å². The molecule has 5 nitrogen and oxygen atoms in total. The summed E-state index contributed by atoms with van der Waals surface area (Å²) in [6, 6.07) is 0. The summed E-state index contributed by atoms with van der Waals surface area (Å²) in [6.45, 7) is 4.54. The third-order valence-electron chi connectivity index (χ3n) is 2.11. The average Bonchev–Trinajstić information content (AvgIpc) is 2.30. The first-order valence-corrected chi connectivity index (χ1v) is 6.22. The molecule has 0 aromatic carbocycles. The molecule has 0 aliphatic heterocycles. The highest BCUT2D eigenvalue weighted by molar-refractivity contribution is 5.67. The van der Waals surface area contributed by atoms with Crippen LogP contribution in [0.15, 0.2) is 0 Å². The molecule has 0 radical (unpaired) electrons. The zero-order valence-electron chi connectivity index (χ0n) is 10.7. The van der Waals surface area contributed by atoms with Crippen molar-refractivity contribution in [1.29, 1.82) is 0 Å². The minimum Gasteiger partial charge on any atom is -0.480 e. The van der Waals surface area contributed by atoms with Crippen molar-refractivity contribution in [3.8, 4) is 0 Å². The predicted molar refractivity (Wildman–Crippen MR) is 64.2 cm³/mol. The molecule has 0 aromatic rings. The largest absolute Gasteiger partial charge is 0.480 e. The Morgan fingerprint density at radius 2 is 1.47 bits per heavy atom. The van der Waals surface area contributed by atoms with Gasteiger partial charge in [0.1, 0.15) is 6.61 Å². The van der Waals surface area contributed by atoms with Crippen LogP contribution in [-0.2, 0) is 19.0 Å². The lowest BCUT2D eigenvalue weighted by atomic mass is 10.2. The Bertz CT molecular complexity index is 172. The van der Waals surface area contributed by atoms with Gasteiger partial charge in [0.2, 0.25) is 0 Å². The third kappa shape index (κ3) is 15.4. The van der Waals surface area contributed by atoms with Crippen LogP contribution in [0.5, 0.6) is 0 Å². The van der Waals surface area contributed by atoms with Crippen molar-refractivity contribution < 1.29 is 24.1 Å². The van der Waals surface area contributed by atoms with Crippen LogP contribution in [0.1, 0.15) is 32.6 Å². The lowest BCUT2D eigenvalue weighted by Gasteiger charge is -2.05. The molecule has 102 valence electrons. The van der Waals surface area contributed by atoms with Gasteiger partial charge in [-0.15, -0.1) is 0 Å². The first kappa shape index (κ1) is 16.4. The highest BCUT2D eigenvalue weighted by Gasteiger charge is 1.95. The van der Waals surface area contributed by atoms with Gasteiger partial charge in [-0.25, -0.2) is 4.79 Å². The van der Waals surface area contributed by atoms with Crippen LogP contribution in [0.3, 0.4) is 0 Å². The second-order valence-electron chi connectivity index (χ2n) is 3.73. The predicted octanol–water partition coefficient (Wildman–Crippen LogP) is 1.70. The second kappa shape index (κ2) is 13.4. The Balaban J connectivity index is 2.91. The van der Waals surface area contributed by atoms with Gasteiger partial charge in [0.05, 0.1) is 26.4 Å². The topological polar surface area (TPSA) is 65.0 Å². The number of hydrogen-bond acceptors (Lipinski definition) is 4. The number of hydrogen-bond donors (Lipinski definition) is 1. The molecule has 0 aromatic heterocycles. The summed E-state index contributed by atoms with van der Waals surface area (Å²) in [5.41, 5.74) is 0. The SMILES string of the molecule is CCCCCCOCCOCCOCC(=O)O. The minimum absolute atomic E-state index is 0.267. The summed E-state index contributed by atoms with van der Waals surface area (Å²) in [5.74, 6) is -0.958. The number of carboxylic acids is 1. The smallest absolute Gasteiger partial charge is 0.329 e. The van der Waals surface area contributed by atoms with Crippen LogP contribution >= 0.6 is 0 Å². The van der Waals surface area contributed by atoms with Crippen molar-refractivity contribution in [3.05, 3.63) is 0 Å². The Kier molecular flexibility index (Phi) is 12.9. The van der Waals surface area contributed by atoms with Crippen molar-refractivity contribution >= 4 is 5.97 Å². The monoisotopic (exact) mass is 248 g/mol. The molecule has 0 bridgehead atoms. The molecular weight excluding hydrogens is 224 g/mol. The maximum absolute atomic E-state index is 10.1. The molecule has 0 rings (SSSR count). The van der Waals surface area contributed by atoms with E-state index in [-0.39, 0.29) is 6.61 Å². The van der Waals surface area contributed by atoms with E-state index in [1.54, 1.807) is 0 Å². The Morgan fingerprint density at radius 1 is 0.882 bits per heavy atom. The van der Waals surface area contributed by atoms with Crippen molar-refractivity contribution in [3.63, 3.8) is 0 Å². The zero-order chi connectivity index (χ0) is 12.8. The van der Waals surface area contributed by atoms with Gasteiger partial charge >= 0.3 is 5.97 Å². The first-order chi connectivity index (χ1) is 8.27. The summed E-state index contributed by atoms with van der Waals surface area (Å²) in [7, 11) is 0. The normalized spacial score (nSPS) is 10.6. The quantitative estimate of drug-likeness (QED) is 0.503. The standard InChI is InChI=1S/C12H24O5/c1-2-3-4-5-6-15-7-8-16-9-10-17-11-12(13)14/h2-11H2,1H3,(H,13,14). The number of aliphatic carboxylic acids is 1. The molecule has 0 fully saturated rings. The average molecular weight is 248 g/mol. The van der Waals surface area contributed by atoms with E-state index in [2.05, 4.69) is 6.92 Å². The van der Waals surface area contributed by atoms with Crippen molar-refractivity contribution in [2.75, 3.05) is 39.6 Å². The number of ether oxygens (including phenoxy) is 3. The number of carboxylic acid groups (broad SMARTS) is 1. The zero-order valence-corrected chi connectivity index (χ0v) is 10.7. The van der Waals surface area contributed by atoms with Gasteiger partial charge in [0.25, 0.3) is 0 Å². The van der Waals surface area contributed by atoms with E-state index in [0.717, 1.165) is 13.0 Å². The highest BCUT2D eigenvalue weighted by Crippen LogP contribution is 1.98. The van der Waals surface area contributed by atoms with E-state index < -0.39 is 5.97 Å². The van der Waals surface area contributed by atoms with E-state index in [1.807, 2.05) is 0 Å². The van der Waals surface area contributed by atoms with Gasteiger partial charge < -0.3 is 19.3 Å². The number of carbonyl (C=O) groups is 1. The number of rotatable bonds is 13. The fraction of sp³-hybridized carbons (Fsp3) is 0.917. The lowest BCUT2D eigenvalue weighted by molar-refractivity contribution is -0.142. The molecule has 0 atom stereocenters. The van der Waals surface area contributed by atoms with Crippen LogP contribution in [0, 0.1) is 0 Å². The third-order valence-corrected chi connectivity index (χ3v) is 2.11. The highest BCUT2D eigenvalue weighted by atomic mass is 16.5. The molecule has 0 aliphatic carbocycles. The molecule has 5 heteroatoms. The minimum atomic E-state index is -0.958. The first-order valence-electron chi connectivity index (χ1n) is 6.22. The summed E-state index contributed by atoms with van der Waals surface area (Å²) >= 11 is 0. The number of unbranched alkanes of at least 4 members (excludes halogenated alkanes) is 3. The van der Waals surface area contributed by atoms with E-state index in [4.69, 9.17) is 19.3 Å². The van der Waals surface area contributed by atoms with Gasteiger partial charge in [-0.3, -0.25) is 0 Å². The second-order valence-corrected chi connectivity index (χ2v) is 3.73. The van der Waals surface area contributed by atoms with E-state index in [1.165, 1.54) is 19.3 Å². The van der Waals surface area contributed by atoms with Crippen LogP contribution < -0.4 is 0 Å². The molecule has 0 saturated heterocycles.